The van der Waals surface area contributed by atoms with Crippen LogP contribution in [0.4, 0.5) is 13.2 Å². The molecule has 0 atom stereocenters. The molecule has 8 heteroatoms. The van der Waals surface area contributed by atoms with E-state index in [2.05, 4.69) is 14.7 Å². The molecule has 0 amide bonds. The first-order valence-electron chi connectivity index (χ1n) is 10.1. The first-order valence-corrected chi connectivity index (χ1v) is 10.1. The Labute approximate surface area is 187 Å². The Bertz CT molecular complexity index is 1440. The fourth-order valence-corrected chi connectivity index (χ4v) is 3.69. The van der Waals surface area contributed by atoms with Gasteiger partial charge in [0.2, 0.25) is 0 Å². The molecule has 0 spiro atoms. The lowest BCUT2D eigenvalue weighted by molar-refractivity contribution is -0.274. The third kappa shape index (κ3) is 4.27. The number of aromatic nitrogens is 4. The van der Waals surface area contributed by atoms with Crippen molar-refractivity contribution in [3.05, 3.63) is 90.9 Å². The number of pyridine rings is 3. The standard InChI is InChI=1S/C25H17F3N4O/c1-16-5-4-6-20(30-16)23-24(32-14-3-2-7-22(32)31-23)18-12-13-29-21(15-18)17-8-10-19(11-9-17)33-25(26,27)28/h2-15H,1H3. The molecule has 0 radical (unpaired) electrons. The third-order valence-electron chi connectivity index (χ3n) is 5.08. The smallest absolute Gasteiger partial charge is 0.406 e. The van der Waals surface area contributed by atoms with Gasteiger partial charge in [-0.1, -0.05) is 12.1 Å². The number of imidazole rings is 1. The molecule has 4 aromatic heterocycles. The summed E-state index contributed by atoms with van der Waals surface area (Å²) in [4.78, 5) is 13.9. The van der Waals surface area contributed by atoms with E-state index in [-0.39, 0.29) is 5.75 Å². The second kappa shape index (κ2) is 8.05. The summed E-state index contributed by atoms with van der Waals surface area (Å²) in [5.41, 5.74) is 6.12. The van der Waals surface area contributed by atoms with Gasteiger partial charge >= 0.3 is 6.36 Å². The molecule has 4 heterocycles. The number of halogens is 3. The van der Waals surface area contributed by atoms with Gasteiger partial charge in [-0.15, -0.1) is 13.2 Å². The van der Waals surface area contributed by atoms with Crippen LogP contribution >= 0.6 is 0 Å². The zero-order valence-corrected chi connectivity index (χ0v) is 17.4. The monoisotopic (exact) mass is 446 g/mol. The van der Waals surface area contributed by atoms with E-state index in [1.807, 2.05) is 66.1 Å². The summed E-state index contributed by atoms with van der Waals surface area (Å²) in [5, 5.41) is 0. The van der Waals surface area contributed by atoms with Gasteiger partial charge in [0.15, 0.2) is 0 Å². The molecule has 0 bridgehead atoms. The van der Waals surface area contributed by atoms with Crippen molar-refractivity contribution >= 4 is 5.65 Å². The zero-order chi connectivity index (χ0) is 23.0. The number of alkyl halides is 3. The topological polar surface area (TPSA) is 52.3 Å². The lowest BCUT2D eigenvalue weighted by Gasteiger charge is -2.10. The highest BCUT2D eigenvalue weighted by atomic mass is 19.4. The van der Waals surface area contributed by atoms with E-state index in [0.717, 1.165) is 34.0 Å². The summed E-state index contributed by atoms with van der Waals surface area (Å²) in [6.45, 7) is 1.93. The van der Waals surface area contributed by atoms with E-state index in [1.165, 1.54) is 12.1 Å². The van der Waals surface area contributed by atoms with Gasteiger partial charge < -0.3 is 4.74 Å². The van der Waals surface area contributed by atoms with Crippen molar-refractivity contribution in [3.63, 3.8) is 0 Å². The van der Waals surface area contributed by atoms with Gasteiger partial charge in [-0.2, -0.15) is 0 Å². The molecule has 5 aromatic rings. The Morgan fingerprint density at radius 3 is 2.39 bits per heavy atom. The number of nitrogens with zero attached hydrogens (tertiary/aromatic N) is 4. The first kappa shape index (κ1) is 20.7. The lowest BCUT2D eigenvalue weighted by Crippen LogP contribution is -2.16. The molecular weight excluding hydrogens is 429 g/mol. The first-order chi connectivity index (χ1) is 15.9. The van der Waals surface area contributed by atoms with Gasteiger partial charge in [0.1, 0.15) is 17.1 Å². The summed E-state index contributed by atoms with van der Waals surface area (Å²) in [6, 6.07) is 20.9. The largest absolute Gasteiger partial charge is 0.573 e. The van der Waals surface area contributed by atoms with E-state index in [0.29, 0.717) is 11.3 Å². The van der Waals surface area contributed by atoms with E-state index in [9.17, 15) is 13.2 Å². The van der Waals surface area contributed by atoms with Crippen molar-refractivity contribution in [1.29, 1.82) is 0 Å². The maximum atomic E-state index is 12.5. The summed E-state index contributed by atoms with van der Waals surface area (Å²) in [6.07, 6.45) is -1.14. The number of benzene rings is 1. The Morgan fingerprint density at radius 2 is 1.64 bits per heavy atom. The molecule has 0 aliphatic heterocycles. The molecule has 33 heavy (non-hydrogen) atoms. The number of rotatable bonds is 4. The van der Waals surface area contributed by atoms with Gasteiger partial charge in [0.25, 0.3) is 0 Å². The minimum absolute atomic E-state index is 0.281. The third-order valence-corrected chi connectivity index (χ3v) is 5.08. The number of fused-ring (bicyclic) bond motifs is 1. The SMILES string of the molecule is Cc1cccc(-c2nc3ccccn3c2-c2ccnc(-c3ccc(OC(F)(F)F)cc3)c2)n1. The van der Waals surface area contributed by atoms with Crippen LogP contribution in [0.3, 0.4) is 0 Å². The maximum absolute atomic E-state index is 12.5. The highest BCUT2D eigenvalue weighted by Gasteiger charge is 2.31. The quantitative estimate of drug-likeness (QED) is 0.324. The molecule has 1 aromatic carbocycles. The molecule has 0 unspecified atom stereocenters. The lowest BCUT2D eigenvalue weighted by atomic mass is 10.0. The number of aryl methyl sites for hydroxylation is 1. The Balaban J connectivity index is 1.61. The molecular formula is C25H17F3N4O. The number of hydrogen-bond acceptors (Lipinski definition) is 4. The molecule has 164 valence electrons. The van der Waals surface area contributed by atoms with Crippen LogP contribution in [0, 0.1) is 6.92 Å². The summed E-state index contributed by atoms with van der Waals surface area (Å²) in [7, 11) is 0. The molecule has 0 saturated heterocycles. The Kier molecular flexibility index (Phi) is 5.05. The Hall–Kier alpha value is -4.20. The van der Waals surface area contributed by atoms with Crippen molar-refractivity contribution in [1.82, 2.24) is 19.4 Å². The molecule has 0 aliphatic rings. The molecule has 0 fully saturated rings. The minimum Gasteiger partial charge on any atom is -0.406 e. The van der Waals surface area contributed by atoms with Crippen molar-refractivity contribution < 1.29 is 17.9 Å². The predicted molar refractivity (Wildman–Crippen MR) is 119 cm³/mol. The zero-order valence-electron chi connectivity index (χ0n) is 17.4. The van der Waals surface area contributed by atoms with E-state index >= 15 is 0 Å². The van der Waals surface area contributed by atoms with Crippen LogP contribution in [0.5, 0.6) is 5.75 Å². The van der Waals surface area contributed by atoms with Gasteiger partial charge in [-0.3, -0.25) is 14.4 Å². The maximum Gasteiger partial charge on any atom is 0.573 e. The molecule has 0 N–H and O–H groups in total. The van der Waals surface area contributed by atoms with Gasteiger partial charge in [0, 0.05) is 29.2 Å². The molecule has 5 rings (SSSR count). The van der Waals surface area contributed by atoms with Crippen molar-refractivity contribution in [2.75, 3.05) is 0 Å². The van der Waals surface area contributed by atoms with Crippen LogP contribution in [-0.4, -0.2) is 25.7 Å². The van der Waals surface area contributed by atoms with E-state index in [1.54, 1.807) is 18.3 Å². The average Bonchev–Trinajstić information content (AvgIpc) is 3.18. The van der Waals surface area contributed by atoms with Crippen molar-refractivity contribution in [3.8, 4) is 39.7 Å². The second-order valence-corrected chi connectivity index (χ2v) is 7.40. The van der Waals surface area contributed by atoms with Gasteiger partial charge in [-0.25, -0.2) is 4.98 Å². The van der Waals surface area contributed by atoms with E-state index < -0.39 is 6.36 Å². The Morgan fingerprint density at radius 1 is 0.818 bits per heavy atom. The predicted octanol–water partition coefficient (Wildman–Crippen LogP) is 6.33. The van der Waals surface area contributed by atoms with Crippen LogP contribution < -0.4 is 4.74 Å². The fraction of sp³-hybridized carbons (Fsp3) is 0.0800. The average molecular weight is 446 g/mol. The summed E-state index contributed by atoms with van der Waals surface area (Å²) < 4.78 is 43.3. The molecule has 5 nitrogen and oxygen atoms in total. The number of ether oxygens (including phenoxy) is 1. The minimum atomic E-state index is -4.73. The molecule has 0 aliphatic carbocycles. The fourth-order valence-electron chi connectivity index (χ4n) is 3.69. The highest BCUT2D eigenvalue weighted by Crippen LogP contribution is 2.34. The van der Waals surface area contributed by atoms with Gasteiger partial charge in [0.05, 0.1) is 17.1 Å². The van der Waals surface area contributed by atoms with Crippen LogP contribution in [0.15, 0.2) is 85.2 Å². The van der Waals surface area contributed by atoms with Crippen LogP contribution in [0.1, 0.15) is 5.69 Å². The number of hydrogen-bond donors (Lipinski definition) is 0. The van der Waals surface area contributed by atoms with Crippen LogP contribution in [-0.2, 0) is 0 Å². The van der Waals surface area contributed by atoms with Crippen molar-refractivity contribution in [2.24, 2.45) is 0 Å². The molecule has 0 saturated carbocycles. The summed E-state index contributed by atoms with van der Waals surface area (Å²) >= 11 is 0. The van der Waals surface area contributed by atoms with Crippen molar-refractivity contribution in [2.45, 2.75) is 13.3 Å². The summed E-state index contributed by atoms with van der Waals surface area (Å²) in [5.74, 6) is -0.281. The second-order valence-electron chi connectivity index (χ2n) is 7.40. The highest BCUT2D eigenvalue weighted by molar-refractivity contribution is 5.82. The van der Waals surface area contributed by atoms with Crippen LogP contribution in [0.2, 0.25) is 0 Å². The van der Waals surface area contributed by atoms with Gasteiger partial charge in [-0.05, 0) is 67.6 Å². The van der Waals surface area contributed by atoms with Crippen LogP contribution in [0.25, 0.3) is 39.5 Å². The van der Waals surface area contributed by atoms with E-state index in [4.69, 9.17) is 4.98 Å². The normalized spacial score (nSPS) is 11.6.